The van der Waals surface area contributed by atoms with Crippen LogP contribution in [-0.2, 0) is 4.79 Å². The molecule has 2 rings (SSSR count). The molecule has 0 spiro atoms. The normalized spacial score (nSPS) is 19.0. The summed E-state index contributed by atoms with van der Waals surface area (Å²) in [5.41, 5.74) is 0. The first-order valence-corrected chi connectivity index (χ1v) is 6.78. The summed E-state index contributed by atoms with van der Waals surface area (Å²) in [6.45, 7) is 0.774. The minimum Gasteiger partial charge on any atom is -0.484 e. The van der Waals surface area contributed by atoms with Crippen LogP contribution in [-0.4, -0.2) is 41.7 Å². The van der Waals surface area contributed by atoms with Crippen molar-refractivity contribution in [2.75, 3.05) is 19.8 Å². The molecular weight excluding hydrogens is 298 g/mol. The van der Waals surface area contributed by atoms with Gasteiger partial charge in [-0.1, -0.05) is 15.9 Å². The fraction of sp³-hybridized carbons (Fsp3) is 0.462. The average Bonchev–Trinajstić information content (AvgIpc) is 2.86. The average molecular weight is 314 g/mol. The largest absolute Gasteiger partial charge is 0.484 e. The Morgan fingerprint density at radius 3 is 2.83 bits per heavy atom. The number of amides is 1. The summed E-state index contributed by atoms with van der Waals surface area (Å²) in [4.78, 5) is 13.6. The van der Waals surface area contributed by atoms with E-state index in [0.29, 0.717) is 12.3 Å². The lowest BCUT2D eigenvalue weighted by Crippen LogP contribution is -2.40. The molecule has 18 heavy (non-hydrogen) atoms. The van der Waals surface area contributed by atoms with E-state index in [1.165, 1.54) is 0 Å². The molecule has 0 aromatic heterocycles. The van der Waals surface area contributed by atoms with Crippen LogP contribution in [0.5, 0.6) is 5.75 Å². The van der Waals surface area contributed by atoms with Crippen LogP contribution < -0.4 is 4.74 Å². The van der Waals surface area contributed by atoms with Crippen molar-refractivity contribution in [2.24, 2.45) is 0 Å². The third-order valence-corrected chi connectivity index (χ3v) is 3.61. The molecule has 1 fully saturated rings. The lowest BCUT2D eigenvalue weighted by molar-refractivity contribution is -0.134. The molecule has 0 unspecified atom stereocenters. The predicted molar refractivity (Wildman–Crippen MR) is 71.5 cm³/mol. The number of carbonyl (C=O) groups is 1. The van der Waals surface area contributed by atoms with Gasteiger partial charge in [-0.2, -0.15) is 0 Å². The SMILES string of the molecule is O=C(COc1ccc(Br)cc1)N1CCC[C@H]1CO. The van der Waals surface area contributed by atoms with Gasteiger partial charge in [-0.15, -0.1) is 0 Å². The number of rotatable bonds is 4. The summed E-state index contributed by atoms with van der Waals surface area (Å²) < 4.78 is 6.41. The molecule has 4 nitrogen and oxygen atoms in total. The topological polar surface area (TPSA) is 49.8 Å². The number of hydrogen-bond donors (Lipinski definition) is 1. The van der Waals surface area contributed by atoms with Gasteiger partial charge in [-0.05, 0) is 37.1 Å². The maximum atomic E-state index is 11.9. The van der Waals surface area contributed by atoms with Crippen molar-refractivity contribution in [3.05, 3.63) is 28.7 Å². The standard InChI is InChI=1S/C13H16BrNO3/c14-10-3-5-12(6-4-10)18-9-13(17)15-7-1-2-11(15)8-16/h3-6,11,16H,1-2,7-9H2/t11-/m0/s1. The number of halogens is 1. The number of likely N-dealkylation sites (tertiary alicyclic amines) is 1. The molecule has 5 heteroatoms. The number of aliphatic hydroxyl groups is 1. The van der Waals surface area contributed by atoms with Gasteiger partial charge in [0, 0.05) is 11.0 Å². The fourth-order valence-electron chi connectivity index (χ4n) is 2.11. The van der Waals surface area contributed by atoms with Crippen LogP contribution in [0.15, 0.2) is 28.7 Å². The molecule has 1 N–H and O–H groups in total. The van der Waals surface area contributed by atoms with E-state index in [0.717, 1.165) is 17.3 Å². The zero-order chi connectivity index (χ0) is 13.0. The highest BCUT2D eigenvalue weighted by Gasteiger charge is 2.27. The molecule has 1 aromatic rings. The van der Waals surface area contributed by atoms with Crippen molar-refractivity contribution in [2.45, 2.75) is 18.9 Å². The van der Waals surface area contributed by atoms with Gasteiger partial charge in [0.15, 0.2) is 6.61 Å². The van der Waals surface area contributed by atoms with E-state index in [-0.39, 0.29) is 25.2 Å². The van der Waals surface area contributed by atoms with Crippen molar-refractivity contribution < 1.29 is 14.6 Å². The molecule has 1 aromatic carbocycles. The number of nitrogens with zero attached hydrogens (tertiary/aromatic N) is 1. The summed E-state index contributed by atoms with van der Waals surface area (Å²) in [5.74, 6) is 0.612. The third-order valence-electron chi connectivity index (χ3n) is 3.08. The monoisotopic (exact) mass is 313 g/mol. The van der Waals surface area contributed by atoms with Gasteiger partial charge in [0.1, 0.15) is 5.75 Å². The maximum absolute atomic E-state index is 11.9. The van der Waals surface area contributed by atoms with Crippen molar-refractivity contribution in [1.29, 1.82) is 0 Å². The van der Waals surface area contributed by atoms with E-state index in [4.69, 9.17) is 9.84 Å². The molecule has 1 heterocycles. The first-order valence-electron chi connectivity index (χ1n) is 5.99. The quantitative estimate of drug-likeness (QED) is 0.922. The van der Waals surface area contributed by atoms with Crippen LogP contribution in [0.3, 0.4) is 0 Å². The van der Waals surface area contributed by atoms with Gasteiger partial charge in [0.2, 0.25) is 0 Å². The van der Waals surface area contributed by atoms with E-state index >= 15 is 0 Å². The van der Waals surface area contributed by atoms with Crippen LogP contribution in [0.1, 0.15) is 12.8 Å². The number of aliphatic hydroxyl groups excluding tert-OH is 1. The summed E-state index contributed by atoms with van der Waals surface area (Å²) in [6.07, 6.45) is 1.83. The Bertz CT molecular complexity index is 407. The summed E-state index contributed by atoms with van der Waals surface area (Å²) >= 11 is 3.34. The molecular formula is C13H16BrNO3. The van der Waals surface area contributed by atoms with Gasteiger partial charge in [0.05, 0.1) is 12.6 Å². The van der Waals surface area contributed by atoms with Gasteiger partial charge in [-0.3, -0.25) is 4.79 Å². The lowest BCUT2D eigenvalue weighted by atomic mass is 10.2. The predicted octanol–water partition coefficient (Wildman–Crippen LogP) is 1.81. The zero-order valence-corrected chi connectivity index (χ0v) is 11.6. The highest BCUT2D eigenvalue weighted by Crippen LogP contribution is 2.18. The number of ether oxygens (including phenoxy) is 1. The van der Waals surface area contributed by atoms with E-state index in [2.05, 4.69) is 15.9 Å². The minimum atomic E-state index is -0.0607. The molecule has 1 aliphatic heterocycles. The molecule has 1 atom stereocenters. The Morgan fingerprint density at radius 2 is 2.17 bits per heavy atom. The summed E-state index contributed by atoms with van der Waals surface area (Å²) in [5, 5.41) is 9.16. The summed E-state index contributed by atoms with van der Waals surface area (Å²) in [7, 11) is 0. The smallest absolute Gasteiger partial charge is 0.260 e. The lowest BCUT2D eigenvalue weighted by Gasteiger charge is -2.22. The van der Waals surface area contributed by atoms with E-state index in [9.17, 15) is 4.79 Å². The van der Waals surface area contributed by atoms with Crippen molar-refractivity contribution in [1.82, 2.24) is 4.90 Å². The highest BCUT2D eigenvalue weighted by atomic mass is 79.9. The second-order valence-electron chi connectivity index (χ2n) is 4.31. The zero-order valence-electron chi connectivity index (χ0n) is 10.0. The van der Waals surface area contributed by atoms with E-state index < -0.39 is 0 Å². The molecule has 1 aliphatic rings. The van der Waals surface area contributed by atoms with Crippen LogP contribution in [0, 0.1) is 0 Å². The minimum absolute atomic E-state index is 0.0259. The van der Waals surface area contributed by atoms with E-state index in [1.807, 2.05) is 24.3 Å². The van der Waals surface area contributed by atoms with Crippen LogP contribution >= 0.6 is 15.9 Å². The van der Waals surface area contributed by atoms with E-state index in [1.54, 1.807) is 4.90 Å². The van der Waals surface area contributed by atoms with Crippen molar-refractivity contribution in [3.8, 4) is 5.75 Å². The molecule has 98 valence electrons. The molecule has 0 aliphatic carbocycles. The number of benzene rings is 1. The molecule has 1 saturated heterocycles. The maximum Gasteiger partial charge on any atom is 0.260 e. The summed E-state index contributed by atoms with van der Waals surface area (Å²) in [6, 6.07) is 7.32. The van der Waals surface area contributed by atoms with Crippen molar-refractivity contribution >= 4 is 21.8 Å². The van der Waals surface area contributed by atoms with Crippen LogP contribution in [0.4, 0.5) is 0 Å². The highest BCUT2D eigenvalue weighted by molar-refractivity contribution is 9.10. The molecule has 0 bridgehead atoms. The van der Waals surface area contributed by atoms with Crippen LogP contribution in [0.25, 0.3) is 0 Å². The second kappa shape index (κ2) is 6.20. The Balaban J connectivity index is 1.86. The van der Waals surface area contributed by atoms with Gasteiger partial charge >= 0.3 is 0 Å². The Labute approximate surface area is 115 Å². The molecule has 0 saturated carbocycles. The second-order valence-corrected chi connectivity index (χ2v) is 5.22. The van der Waals surface area contributed by atoms with Gasteiger partial charge in [-0.25, -0.2) is 0 Å². The first-order chi connectivity index (χ1) is 8.70. The number of hydrogen-bond acceptors (Lipinski definition) is 3. The molecule has 0 radical (unpaired) electrons. The Kier molecular flexibility index (Phi) is 4.60. The Morgan fingerprint density at radius 1 is 1.44 bits per heavy atom. The van der Waals surface area contributed by atoms with Gasteiger partial charge < -0.3 is 14.7 Å². The van der Waals surface area contributed by atoms with Crippen LogP contribution in [0.2, 0.25) is 0 Å². The third kappa shape index (κ3) is 3.23. The van der Waals surface area contributed by atoms with Gasteiger partial charge in [0.25, 0.3) is 5.91 Å². The fourth-order valence-corrected chi connectivity index (χ4v) is 2.38. The Hall–Kier alpha value is -1.07. The first kappa shape index (κ1) is 13.4. The molecule has 1 amide bonds. The number of carbonyl (C=O) groups excluding carboxylic acids is 1. The van der Waals surface area contributed by atoms with Crippen molar-refractivity contribution in [3.63, 3.8) is 0 Å².